The maximum atomic E-state index is 13.2. The number of hydrogen-bond donors (Lipinski definition) is 2. The number of carbonyl (C=O) groups is 1. The SMILES string of the molecule is Cn1ccnc1C(NC(=O)C[C@@H]1CCC[C@H]1N)c1ccc(F)cc1. The fraction of sp³-hybridized carbons (Fsp3) is 0.444. The third-order valence-electron chi connectivity index (χ3n) is 4.79. The van der Waals surface area contributed by atoms with Crippen molar-refractivity contribution in [1.29, 1.82) is 0 Å². The molecular weight excluding hydrogens is 307 g/mol. The molecule has 3 rings (SSSR count). The first-order valence-corrected chi connectivity index (χ1v) is 8.32. The Hall–Kier alpha value is -2.21. The average Bonchev–Trinajstić information content (AvgIpc) is 3.15. The number of benzene rings is 1. The molecule has 128 valence electrons. The van der Waals surface area contributed by atoms with Crippen LogP contribution in [0.3, 0.4) is 0 Å². The number of aryl methyl sites for hydroxylation is 1. The van der Waals surface area contributed by atoms with Gasteiger partial charge in [0, 0.05) is 31.9 Å². The summed E-state index contributed by atoms with van der Waals surface area (Å²) in [5.74, 6) is 0.598. The van der Waals surface area contributed by atoms with Crippen LogP contribution in [0.5, 0.6) is 0 Å². The third-order valence-corrected chi connectivity index (χ3v) is 4.79. The number of nitrogens with one attached hydrogen (secondary N) is 1. The molecule has 1 heterocycles. The molecule has 3 N–H and O–H groups in total. The van der Waals surface area contributed by atoms with Gasteiger partial charge in [0.1, 0.15) is 17.7 Å². The lowest BCUT2D eigenvalue weighted by Crippen LogP contribution is -2.35. The van der Waals surface area contributed by atoms with Gasteiger partial charge >= 0.3 is 0 Å². The largest absolute Gasteiger partial charge is 0.342 e. The van der Waals surface area contributed by atoms with Crippen molar-refractivity contribution in [2.24, 2.45) is 18.7 Å². The molecule has 1 unspecified atom stereocenters. The van der Waals surface area contributed by atoms with Crippen LogP contribution in [0.25, 0.3) is 0 Å². The maximum absolute atomic E-state index is 13.2. The lowest BCUT2D eigenvalue weighted by Gasteiger charge is -2.21. The normalized spacial score (nSPS) is 21.6. The van der Waals surface area contributed by atoms with E-state index in [0.29, 0.717) is 12.2 Å². The first-order chi connectivity index (χ1) is 11.5. The van der Waals surface area contributed by atoms with Crippen molar-refractivity contribution >= 4 is 5.91 Å². The molecule has 0 saturated heterocycles. The summed E-state index contributed by atoms with van der Waals surface area (Å²) >= 11 is 0. The summed E-state index contributed by atoms with van der Waals surface area (Å²) in [7, 11) is 1.87. The highest BCUT2D eigenvalue weighted by atomic mass is 19.1. The smallest absolute Gasteiger partial charge is 0.221 e. The molecule has 6 heteroatoms. The number of halogens is 1. The van der Waals surface area contributed by atoms with E-state index in [4.69, 9.17) is 5.73 Å². The van der Waals surface area contributed by atoms with Crippen molar-refractivity contribution in [3.8, 4) is 0 Å². The van der Waals surface area contributed by atoms with Crippen molar-refractivity contribution < 1.29 is 9.18 Å². The molecule has 1 fully saturated rings. The van der Waals surface area contributed by atoms with E-state index in [-0.39, 0.29) is 23.7 Å². The van der Waals surface area contributed by atoms with Gasteiger partial charge in [-0.3, -0.25) is 4.79 Å². The highest BCUT2D eigenvalue weighted by Crippen LogP contribution is 2.27. The van der Waals surface area contributed by atoms with Crippen molar-refractivity contribution in [3.63, 3.8) is 0 Å². The molecule has 3 atom stereocenters. The van der Waals surface area contributed by atoms with Crippen molar-refractivity contribution in [1.82, 2.24) is 14.9 Å². The van der Waals surface area contributed by atoms with Crippen LogP contribution in [-0.2, 0) is 11.8 Å². The second-order valence-corrected chi connectivity index (χ2v) is 6.51. The topological polar surface area (TPSA) is 72.9 Å². The van der Waals surface area contributed by atoms with Crippen LogP contribution in [0.1, 0.15) is 43.1 Å². The molecule has 24 heavy (non-hydrogen) atoms. The summed E-state index contributed by atoms with van der Waals surface area (Å²) in [4.78, 5) is 16.9. The molecule has 5 nitrogen and oxygen atoms in total. The van der Waals surface area contributed by atoms with E-state index in [0.717, 1.165) is 24.8 Å². The lowest BCUT2D eigenvalue weighted by atomic mass is 9.99. The van der Waals surface area contributed by atoms with Crippen molar-refractivity contribution in [2.45, 2.75) is 37.8 Å². The first-order valence-electron chi connectivity index (χ1n) is 8.32. The Balaban J connectivity index is 1.78. The maximum Gasteiger partial charge on any atom is 0.221 e. The zero-order chi connectivity index (χ0) is 17.1. The number of nitrogens with two attached hydrogens (primary N) is 1. The molecule has 0 spiro atoms. The van der Waals surface area contributed by atoms with Gasteiger partial charge in [-0.05, 0) is 36.5 Å². The summed E-state index contributed by atoms with van der Waals surface area (Å²) in [5, 5.41) is 3.04. The van der Waals surface area contributed by atoms with Crippen LogP contribution < -0.4 is 11.1 Å². The van der Waals surface area contributed by atoms with E-state index in [1.165, 1.54) is 12.1 Å². The first kappa shape index (κ1) is 16.6. The van der Waals surface area contributed by atoms with Crippen molar-refractivity contribution in [2.75, 3.05) is 0 Å². The number of rotatable bonds is 5. The fourth-order valence-electron chi connectivity index (χ4n) is 3.38. The number of carbonyl (C=O) groups excluding carboxylic acids is 1. The molecule has 1 aromatic carbocycles. The van der Waals surface area contributed by atoms with Gasteiger partial charge < -0.3 is 15.6 Å². The van der Waals surface area contributed by atoms with E-state index in [2.05, 4.69) is 10.3 Å². The fourth-order valence-corrected chi connectivity index (χ4v) is 3.38. The number of amides is 1. The van der Waals surface area contributed by atoms with Gasteiger partial charge in [-0.1, -0.05) is 18.6 Å². The summed E-state index contributed by atoms with van der Waals surface area (Å²) in [6.07, 6.45) is 7.00. The van der Waals surface area contributed by atoms with Crippen LogP contribution >= 0.6 is 0 Å². The van der Waals surface area contributed by atoms with Crippen LogP contribution in [0.2, 0.25) is 0 Å². The Morgan fingerprint density at radius 2 is 2.17 bits per heavy atom. The molecule has 1 aliphatic carbocycles. The van der Waals surface area contributed by atoms with E-state index >= 15 is 0 Å². The minimum atomic E-state index is -0.407. The Kier molecular flexibility index (Phi) is 4.94. The molecule has 0 radical (unpaired) electrons. The second kappa shape index (κ2) is 7.13. The number of aromatic nitrogens is 2. The predicted octanol–water partition coefficient (Wildman–Crippen LogP) is 2.28. The molecule has 0 aliphatic heterocycles. The summed E-state index contributed by atoms with van der Waals surface area (Å²) < 4.78 is 15.1. The van der Waals surface area contributed by atoms with E-state index < -0.39 is 6.04 Å². The Morgan fingerprint density at radius 1 is 1.42 bits per heavy atom. The molecule has 2 aromatic rings. The van der Waals surface area contributed by atoms with Gasteiger partial charge in [0.2, 0.25) is 5.91 Å². The zero-order valence-corrected chi connectivity index (χ0v) is 13.8. The van der Waals surface area contributed by atoms with Gasteiger partial charge in [0.05, 0.1) is 0 Å². The van der Waals surface area contributed by atoms with Crippen LogP contribution in [0.15, 0.2) is 36.7 Å². The number of nitrogens with zero attached hydrogens (tertiary/aromatic N) is 2. The van der Waals surface area contributed by atoms with Gasteiger partial charge in [0.15, 0.2) is 0 Å². The van der Waals surface area contributed by atoms with Gasteiger partial charge in [-0.2, -0.15) is 0 Å². The van der Waals surface area contributed by atoms with E-state index in [9.17, 15) is 9.18 Å². The van der Waals surface area contributed by atoms with Gasteiger partial charge in [-0.25, -0.2) is 9.37 Å². The quantitative estimate of drug-likeness (QED) is 0.883. The minimum Gasteiger partial charge on any atom is -0.342 e. The summed E-state index contributed by atoms with van der Waals surface area (Å²) in [6, 6.07) is 5.84. The Labute approximate surface area is 141 Å². The monoisotopic (exact) mass is 330 g/mol. The van der Waals surface area contributed by atoms with Crippen LogP contribution in [-0.4, -0.2) is 21.5 Å². The highest BCUT2D eigenvalue weighted by Gasteiger charge is 2.28. The molecule has 1 saturated carbocycles. The lowest BCUT2D eigenvalue weighted by molar-refractivity contribution is -0.122. The Morgan fingerprint density at radius 3 is 2.75 bits per heavy atom. The number of imidazole rings is 1. The summed E-state index contributed by atoms with van der Waals surface area (Å²) in [5.41, 5.74) is 6.87. The van der Waals surface area contributed by atoms with Crippen LogP contribution in [0, 0.1) is 11.7 Å². The van der Waals surface area contributed by atoms with Gasteiger partial charge in [-0.15, -0.1) is 0 Å². The minimum absolute atomic E-state index is 0.0466. The average molecular weight is 330 g/mol. The zero-order valence-electron chi connectivity index (χ0n) is 13.8. The van der Waals surface area contributed by atoms with Gasteiger partial charge in [0.25, 0.3) is 0 Å². The summed E-state index contributed by atoms with van der Waals surface area (Å²) in [6.45, 7) is 0. The molecule has 1 aliphatic rings. The third kappa shape index (κ3) is 3.64. The van der Waals surface area contributed by atoms with Crippen LogP contribution in [0.4, 0.5) is 4.39 Å². The highest BCUT2D eigenvalue weighted by molar-refractivity contribution is 5.77. The van der Waals surface area contributed by atoms with E-state index in [1.54, 1.807) is 18.3 Å². The predicted molar refractivity (Wildman–Crippen MR) is 89.5 cm³/mol. The molecular formula is C18H23FN4O. The molecule has 1 amide bonds. The molecule has 1 aromatic heterocycles. The second-order valence-electron chi connectivity index (χ2n) is 6.51. The van der Waals surface area contributed by atoms with E-state index in [1.807, 2.05) is 17.8 Å². The standard InChI is InChI=1S/C18H23FN4O/c1-23-10-9-21-18(23)17(12-5-7-14(19)8-6-12)22-16(24)11-13-3-2-4-15(13)20/h5-10,13,15,17H,2-4,11,20H2,1H3,(H,22,24)/t13-,15+,17?/m0/s1. The molecule has 0 bridgehead atoms. The van der Waals surface area contributed by atoms with Crippen molar-refractivity contribution in [3.05, 3.63) is 53.9 Å². The number of hydrogen-bond acceptors (Lipinski definition) is 3. The Bertz CT molecular complexity index is 697.